The van der Waals surface area contributed by atoms with Gasteiger partial charge in [-0.3, -0.25) is 4.52 Å². The first kappa shape index (κ1) is 32.0. The molecule has 0 radical (unpaired) electrons. The lowest BCUT2D eigenvalue weighted by Crippen LogP contribution is -2.66. The van der Waals surface area contributed by atoms with Crippen LogP contribution in [0.5, 0.6) is 0 Å². The van der Waals surface area contributed by atoms with E-state index in [1.807, 2.05) is 0 Å². The zero-order valence-corrected chi connectivity index (χ0v) is 20.3. The zero-order valence-electron chi connectivity index (χ0n) is 19.5. The molecule has 224 valence electrons. The number of rotatable bonds is 9. The summed E-state index contributed by atoms with van der Waals surface area (Å²) in [6.45, 7) is -2.64. The molecule has 20 heteroatoms. The highest BCUT2D eigenvalue weighted by Crippen LogP contribution is 2.37. The van der Waals surface area contributed by atoms with Crippen molar-refractivity contribution in [1.82, 2.24) is 0 Å². The van der Waals surface area contributed by atoms with Gasteiger partial charge in [-0.1, -0.05) is 0 Å². The van der Waals surface area contributed by atoms with Crippen LogP contribution >= 0.6 is 7.82 Å². The Labute approximate surface area is 214 Å². The predicted molar refractivity (Wildman–Crippen MR) is 112 cm³/mol. The van der Waals surface area contributed by atoms with Crippen molar-refractivity contribution in [2.24, 2.45) is 0 Å². The maximum atomic E-state index is 11.0. The fourth-order valence-electron chi connectivity index (χ4n) is 4.20. The molecule has 1 unspecified atom stereocenters. The third-order valence-corrected chi connectivity index (χ3v) is 6.81. The highest BCUT2D eigenvalue weighted by atomic mass is 31.2. The molecule has 3 fully saturated rings. The maximum Gasteiger partial charge on any atom is 0.469 e. The summed E-state index contributed by atoms with van der Waals surface area (Å²) >= 11 is 0. The molecular weight excluding hydrogens is 551 g/mol. The van der Waals surface area contributed by atoms with Gasteiger partial charge in [0.2, 0.25) is 0 Å². The number of aliphatic hydroxyl groups excluding tert-OH is 10. The number of hydrogen-bond acceptors (Lipinski definition) is 17. The van der Waals surface area contributed by atoms with Crippen molar-refractivity contribution in [3.8, 4) is 0 Å². The Bertz CT molecular complexity index is 800. The van der Waals surface area contributed by atoms with Crippen molar-refractivity contribution in [1.29, 1.82) is 0 Å². The summed E-state index contributed by atoms with van der Waals surface area (Å²) in [6, 6.07) is 0. The third-order valence-electron chi connectivity index (χ3n) is 6.32. The largest absolute Gasteiger partial charge is 0.469 e. The average molecular weight is 584 g/mol. The second-order valence-corrected chi connectivity index (χ2v) is 10.2. The summed E-state index contributed by atoms with van der Waals surface area (Å²) in [5.74, 6) is 0. The van der Waals surface area contributed by atoms with E-state index < -0.39 is 120 Å². The lowest BCUT2D eigenvalue weighted by molar-refractivity contribution is -0.379. The molecular formula is C18H33O19P. The van der Waals surface area contributed by atoms with Gasteiger partial charge >= 0.3 is 7.82 Å². The Morgan fingerprint density at radius 3 is 1.58 bits per heavy atom. The fourth-order valence-corrected chi connectivity index (χ4v) is 4.54. The molecule has 3 rings (SSSR count). The van der Waals surface area contributed by atoms with Crippen molar-refractivity contribution >= 4 is 7.82 Å². The number of hydrogen-bond donors (Lipinski definition) is 12. The normalized spacial score (nSPS) is 48.7. The third kappa shape index (κ3) is 7.04. The summed E-state index contributed by atoms with van der Waals surface area (Å²) in [5.41, 5.74) is 0. The Balaban J connectivity index is 1.78. The molecule has 0 bridgehead atoms. The van der Waals surface area contributed by atoms with Gasteiger partial charge in [0.1, 0.15) is 73.2 Å². The van der Waals surface area contributed by atoms with Gasteiger partial charge in [0, 0.05) is 0 Å². The van der Waals surface area contributed by atoms with E-state index in [9.17, 15) is 55.6 Å². The van der Waals surface area contributed by atoms with Gasteiger partial charge in [0.05, 0.1) is 19.8 Å². The quantitative estimate of drug-likeness (QED) is 0.112. The molecule has 19 nitrogen and oxygen atoms in total. The smallest absolute Gasteiger partial charge is 0.394 e. The SMILES string of the molecule is O=P(O)(O)OC[C@H]1O[C@H](O[C@@H]2[C@H](O)[C@@H](O[C@H]3[C@H](O)[C@@H](CO)OC(O)[C@H]3O)O[C@H](CO)[C@H]2O)[C@@H](O)[C@@H](O)[C@@H]1O. The van der Waals surface area contributed by atoms with E-state index in [4.69, 9.17) is 33.5 Å². The molecule has 12 N–H and O–H groups in total. The number of phosphoric acid groups is 1. The van der Waals surface area contributed by atoms with Gasteiger partial charge in [0.15, 0.2) is 18.9 Å². The van der Waals surface area contributed by atoms with Gasteiger partial charge < -0.3 is 84.5 Å². The van der Waals surface area contributed by atoms with Gasteiger partial charge in [-0.2, -0.15) is 0 Å². The van der Waals surface area contributed by atoms with Crippen molar-refractivity contribution in [3.05, 3.63) is 0 Å². The summed E-state index contributed by atoms with van der Waals surface area (Å²) in [6.07, 6.45) is -27.4. The lowest BCUT2D eigenvalue weighted by Gasteiger charge is -2.47. The van der Waals surface area contributed by atoms with Crippen LogP contribution < -0.4 is 0 Å². The minimum atomic E-state index is -5.03. The molecule has 3 heterocycles. The monoisotopic (exact) mass is 584 g/mol. The second kappa shape index (κ2) is 13.0. The van der Waals surface area contributed by atoms with E-state index in [0.29, 0.717) is 0 Å². The highest BCUT2D eigenvalue weighted by Gasteiger charge is 2.53. The minimum Gasteiger partial charge on any atom is -0.394 e. The van der Waals surface area contributed by atoms with Crippen LogP contribution in [0.1, 0.15) is 0 Å². The first-order chi connectivity index (χ1) is 17.7. The summed E-state index contributed by atoms with van der Waals surface area (Å²) in [7, 11) is -5.03. The van der Waals surface area contributed by atoms with Crippen molar-refractivity contribution in [2.75, 3.05) is 19.8 Å². The van der Waals surface area contributed by atoms with Crippen molar-refractivity contribution in [3.63, 3.8) is 0 Å². The van der Waals surface area contributed by atoms with Gasteiger partial charge in [-0.15, -0.1) is 0 Å². The first-order valence-electron chi connectivity index (χ1n) is 11.3. The second-order valence-electron chi connectivity index (χ2n) is 8.94. The standard InChI is InChI=1S/C18H33O19P/c19-1-4-8(22)14(12(26)16(28)33-4)36-18-13(27)15(9(23)5(2-20)34-18)37-17-11(25)10(24)7(21)6(35-17)3-32-38(29,30)31/h4-28H,1-3H2,(H2,29,30,31)/t4-,5-,6-,7-,8-,9-,10+,11+,12+,13+,14+,15+,16?,17-,18-/m1/s1. The molecule has 3 aliphatic heterocycles. The molecule has 0 aliphatic carbocycles. The van der Waals surface area contributed by atoms with E-state index in [0.717, 1.165) is 0 Å². The Hall–Kier alpha value is -0.490. The van der Waals surface area contributed by atoms with Crippen LogP contribution in [0.3, 0.4) is 0 Å². The van der Waals surface area contributed by atoms with E-state index in [1.54, 1.807) is 0 Å². The molecule has 38 heavy (non-hydrogen) atoms. The predicted octanol–water partition coefficient (Wildman–Crippen LogP) is -7.46. The maximum absolute atomic E-state index is 11.0. The Morgan fingerprint density at radius 2 is 1.05 bits per heavy atom. The molecule has 0 amide bonds. The van der Waals surface area contributed by atoms with Gasteiger partial charge in [-0.25, -0.2) is 4.57 Å². The van der Waals surface area contributed by atoms with E-state index in [1.165, 1.54) is 0 Å². The zero-order chi connectivity index (χ0) is 28.5. The van der Waals surface area contributed by atoms with Crippen LogP contribution in [0.4, 0.5) is 0 Å². The van der Waals surface area contributed by atoms with Gasteiger partial charge in [0.25, 0.3) is 0 Å². The first-order valence-corrected chi connectivity index (χ1v) is 12.9. The van der Waals surface area contributed by atoms with Crippen LogP contribution in [0.25, 0.3) is 0 Å². The summed E-state index contributed by atoms with van der Waals surface area (Å²) in [5, 5.41) is 101. The topological polar surface area (TPSA) is 315 Å². The van der Waals surface area contributed by atoms with Crippen LogP contribution in [-0.2, 0) is 32.8 Å². The minimum absolute atomic E-state index is 0.791. The average Bonchev–Trinajstić information content (AvgIpc) is 2.86. The molecule has 0 saturated carbocycles. The molecule has 0 aromatic heterocycles. The van der Waals surface area contributed by atoms with Crippen LogP contribution in [0.15, 0.2) is 0 Å². The van der Waals surface area contributed by atoms with Gasteiger partial charge in [-0.05, 0) is 0 Å². The van der Waals surface area contributed by atoms with Crippen LogP contribution in [0, 0.1) is 0 Å². The fraction of sp³-hybridized carbons (Fsp3) is 1.00. The molecule has 3 aliphatic rings. The van der Waals surface area contributed by atoms with Crippen molar-refractivity contribution in [2.45, 2.75) is 92.1 Å². The number of phosphoric ester groups is 1. The molecule has 0 aromatic carbocycles. The molecule has 0 spiro atoms. The molecule has 3 saturated heterocycles. The van der Waals surface area contributed by atoms with E-state index in [-0.39, 0.29) is 0 Å². The van der Waals surface area contributed by atoms with Crippen LogP contribution in [0.2, 0.25) is 0 Å². The summed E-state index contributed by atoms with van der Waals surface area (Å²) < 4.78 is 41.4. The highest BCUT2D eigenvalue weighted by molar-refractivity contribution is 7.46. The molecule has 15 atom stereocenters. The van der Waals surface area contributed by atoms with E-state index >= 15 is 0 Å². The molecule has 0 aromatic rings. The number of aliphatic hydroxyl groups is 10. The van der Waals surface area contributed by atoms with Crippen LogP contribution in [-0.4, -0.2) is 173 Å². The Kier molecular flexibility index (Phi) is 11.0. The Morgan fingerprint density at radius 1 is 0.579 bits per heavy atom. The van der Waals surface area contributed by atoms with Crippen molar-refractivity contribution < 1.29 is 93.6 Å². The summed E-state index contributed by atoms with van der Waals surface area (Å²) in [4.78, 5) is 17.7. The van der Waals surface area contributed by atoms with E-state index in [2.05, 4.69) is 4.52 Å². The number of ether oxygens (including phenoxy) is 5. The lowest BCUT2D eigenvalue weighted by atomic mass is 9.96.